The number of likely N-dealkylation sites (tertiary alicyclic amines) is 1. The van der Waals surface area contributed by atoms with Gasteiger partial charge in [-0.05, 0) is 35.4 Å². The van der Waals surface area contributed by atoms with Gasteiger partial charge in [-0.25, -0.2) is 0 Å². The summed E-state index contributed by atoms with van der Waals surface area (Å²) in [7, 11) is -0.211. The van der Waals surface area contributed by atoms with Gasteiger partial charge in [0, 0.05) is 40.3 Å². The third-order valence-corrected chi connectivity index (χ3v) is 8.10. The van der Waals surface area contributed by atoms with Gasteiger partial charge in [-0.2, -0.15) is 17.0 Å². The van der Waals surface area contributed by atoms with Gasteiger partial charge < -0.3 is 0 Å². The summed E-state index contributed by atoms with van der Waals surface area (Å²) in [6.45, 7) is 5.48. The second kappa shape index (κ2) is 7.59. The van der Waals surface area contributed by atoms with E-state index in [-0.39, 0.29) is 6.04 Å². The third-order valence-electron chi connectivity index (χ3n) is 6.21. The summed E-state index contributed by atoms with van der Waals surface area (Å²) < 4.78 is 29.2. The summed E-state index contributed by atoms with van der Waals surface area (Å²) in [5.74, 6) is 0.683. The van der Waals surface area contributed by atoms with Gasteiger partial charge >= 0.3 is 0 Å². The Kier molecular flexibility index (Phi) is 5.31. The molecule has 0 N–H and O–H groups in total. The first-order chi connectivity index (χ1) is 13.4. The van der Waals surface area contributed by atoms with E-state index in [1.807, 2.05) is 18.2 Å². The topological polar surface area (TPSA) is 43.9 Å². The molecule has 28 heavy (non-hydrogen) atoms. The van der Waals surface area contributed by atoms with E-state index >= 15 is 0 Å². The standard InChI is InChI=1S/C22H29N3O2S/c1-17-9-7-8-12-20(17)22-21-16-24(13-18-10-5-4-6-11-18)14-19(21)15-25(22)28(26,27)23(2)3/h4-12,19,21-22H,13-16H2,1-3H3/t19-,21-,22+/m0/s1. The van der Waals surface area contributed by atoms with Crippen LogP contribution in [0.3, 0.4) is 0 Å². The first kappa shape index (κ1) is 19.6. The minimum Gasteiger partial charge on any atom is -0.298 e. The number of benzene rings is 2. The molecule has 150 valence electrons. The molecule has 0 amide bonds. The Hall–Kier alpha value is -1.73. The zero-order chi connectivity index (χ0) is 19.9. The van der Waals surface area contributed by atoms with Crippen LogP contribution in [0.5, 0.6) is 0 Å². The molecule has 0 aliphatic carbocycles. The van der Waals surface area contributed by atoms with E-state index < -0.39 is 10.2 Å². The molecule has 2 heterocycles. The molecule has 4 rings (SSSR count). The molecule has 2 fully saturated rings. The number of hydrogen-bond acceptors (Lipinski definition) is 3. The molecule has 2 aromatic rings. The Labute approximate surface area is 168 Å². The summed E-state index contributed by atoms with van der Waals surface area (Å²) in [5.41, 5.74) is 3.61. The molecular formula is C22H29N3O2S. The SMILES string of the molecule is Cc1ccccc1[C@@H]1[C@H]2CN(Cc3ccccc3)C[C@H]2CN1S(=O)(=O)N(C)C. The van der Waals surface area contributed by atoms with Crippen LogP contribution in [0, 0.1) is 18.8 Å². The summed E-state index contributed by atoms with van der Waals surface area (Å²) >= 11 is 0. The number of aryl methyl sites for hydroxylation is 1. The lowest BCUT2D eigenvalue weighted by Gasteiger charge is -2.31. The molecule has 2 aromatic carbocycles. The highest BCUT2D eigenvalue weighted by molar-refractivity contribution is 7.86. The van der Waals surface area contributed by atoms with Gasteiger partial charge in [-0.1, -0.05) is 54.6 Å². The molecule has 0 saturated carbocycles. The van der Waals surface area contributed by atoms with Crippen molar-refractivity contribution in [2.24, 2.45) is 11.8 Å². The molecule has 3 atom stereocenters. The number of fused-ring (bicyclic) bond motifs is 1. The van der Waals surface area contributed by atoms with Crippen LogP contribution in [0.4, 0.5) is 0 Å². The maximum absolute atomic E-state index is 13.1. The summed E-state index contributed by atoms with van der Waals surface area (Å²) in [6, 6.07) is 18.6. The average molecular weight is 400 g/mol. The zero-order valence-corrected chi connectivity index (χ0v) is 17.6. The largest absolute Gasteiger partial charge is 0.298 e. The average Bonchev–Trinajstić information content (AvgIpc) is 3.20. The van der Waals surface area contributed by atoms with E-state index in [0.717, 1.165) is 30.8 Å². The van der Waals surface area contributed by atoms with Crippen molar-refractivity contribution in [1.29, 1.82) is 0 Å². The predicted octanol–water partition coefficient (Wildman–Crippen LogP) is 2.91. The Morgan fingerprint density at radius 2 is 1.64 bits per heavy atom. The minimum atomic E-state index is -3.46. The van der Waals surface area contributed by atoms with Crippen molar-refractivity contribution in [3.8, 4) is 0 Å². The molecule has 0 radical (unpaired) electrons. The van der Waals surface area contributed by atoms with Crippen molar-refractivity contribution in [3.63, 3.8) is 0 Å². The first-order valence-electron chi connectivity index (χ1n) is 9.89. The van der Waals surface area contributed by atoms with E-state index in [1.165, 1.54) is 9.87 Å². The molecular weight excluding hydrogens is 370 g/mol. The van der Waals surface area contributed by atoms with Crippen LogP contribution in [0.25, 0.3) is 0 Å². The quantitative estimate of drug-likeness (QED) is 0.777. The van der Waals surface area contributed by atoms with Crippen molar-refractivity contribution < 1.29 is 8.42 Å². The van der Waals surface area contributed by atoms with Gasteiger partial charge in [0.05, 0.1) is 6.04 Å². The lowest BCUT2D eigenvalue weighted by atomic mass is 9.88. The van der Waals surface area contributed by atoms with Crippen molar-refractivity contribution in [2.45, 2.75) is 19.5 Å². The second-order valence-corrected chi connectivity index (χ2v) is 10.4. The highest BCUT2D eigenvalue weighted by Crippen LogP contribution is 2.47. The zero-order valence-electron chi connectivity index (χ0n) is 16.8. The number of hydrogen-bond donors (Lipinski definition) is 0. The molecule has 6 heteroatoms. The van der Waals surface area contributed by atoms with Crippen molar-refractivity contribution in [1.82, 2.24) is 13.5 Å². The fourth-order valence-corrected chi connectivity index (χ4v) is 6.18. The highest BCUT2D eigenvalue weighted by atomic mass is 32.2. The Bertz CT molecular complexity index is 930. The molecule has 5 nitrogen and oxygen atoms in total. The normalized spacial score (nSPS) is 26.1. The van der Waals surface area contributed by atoms with Crippen LogP contribution >= 0.6 is 0 Å². The third kappa shape index (κ3) is 3.50. The van der Waals surface area contributed by atoms with Crippen molar-refractivity contribution in [2.75, 3.05) is 33.7 Å². The van der Waals surface area contributed by atoms with E-state index in [1.54, 1.807) is 18.4 Å². The fourth-order valence-electron chi connectivity index (χ4n) is 4.82. The van der Waals surface area contributed by atoms with Crippen LogP contribution in [-0.4, -0.2) is 55.7 Å². The van der Waals surface area contributed by atoms with Crippen molar-refractivity contribution >= 4 is 10.2 Å². The maximum Gasteiger partial charge on any atom is 0.282 e. The van der Waals surface area contributed by atoms with E-state index in [0.29, 0.717) is 18.4 Å². The van der Waals surface area contributed by atoms with E-state index in [9.17, 15) is 8.42 Å². The van der Waals surface area contributed by atoms with Gasteiger partial charge in [0.2, 0.25) is 0 Å². The van der Waals surface area contributed by atoms with Gasteiger partial charge in [0.1, 0.15) is 0 Å². The lowest BCUT2D eigenvalue weighted by molar-refractivity contribution is 0.254. The predicted molar refractivity (Wildman–Crippen MR) is 112 cm³/mol. The highest BCUT2D eigenvalue weighted by Gasteiger charge is 2.52. The molecule has 0 unspecified atom stereocenters. The molecule has 0 spiro atoms. The fraction of sp³-hybridized carbons (Fsp3) is 0.455. The lowest BCUT2D eigenvalue weighted by Crippen LogP contribution is -2.42. The van der Waals surface area contributed by atoms with Crippen LogP contribution in [-0.2, 0) is 16.8 Å². The van der Waals surface area contributed by atoms with Crippen LogP contribution in [0.1, 0.15) is 22.7 Å². The summed E-state index contributed by atoms with van der Waals surface area (Å²) in [5, 5.41) is 0. The molecule has 0 bridgehead atoms. The van der Waals surface area contributed by atoms with Gasteiger partial charge in [0.15, 0.2) is 0 Å². The van der Waals surface area contributed by atoms with Crippen molar-refractivity contribution in [3.05, 3.63) is 71.3 Å². The van der Waals surface area contributed by atoms with Gasteiger partial charge in [-0.15, -0.1) is 0 Å². The summed E-state index contributed by atoms with van der Waals surface area (Å²) in [6.07, 6.45) is 0. The van der Waals surface area contributed by atoms with Crippen LogP contribution in [0.15, 0.2) is 54.6 Å². The molecule has 2 aliphatic rings. The van der Waals surface area contributed by atoms with E-state index in [2.05, 4.69) is 48.2 Å². The minimum absolute atomic E-state index is 0.0978. The Morgan fingerprint density at radius 3 is 2.32 bits per heavy atom. The Morgan fingerprint density at radius 1 is 0.964 bits per heavy atom. The molecule has 0 aromatic heterocycles. The number of nitrogens with zero attached hydrogens (tertiary/aromatic N) is 3. The molecule has 2 saturated heterocycles. The smallest absolute Gasteiger partial charge is 0.282 e. The number of rotatable bonds is 5. The van der Waals surface area contributed by atoms with E-state index in [4.69, 9.17) is 0 Å². The van der Waals surface area contributed by atoms with Gasteiger partial charge in [-0.3, -0.25) is 4.90 Å². The maximum atomic E-state index is 13.1. The second-order valence-electron chi connectivity index (χ2n) is 8.26. The van der Waals surface area contributed by atoms with Crippen LogP contribution < -0.4 is 0 Å². The Balaban J connectivity index is 1.64. The molecule has 2 aliphatic heterocycles. The monoisotopic (exact) mass is 399 g/mol. The van der Waals surface area contributed by atoms with Crippen LogP contribution in [0.2, 0.25) is 0 Å². The summed E-state index contributed by atoms with van der Waals surface area (Å²) in [4.78, 5) is 2.48. The van der Waals surface area contributed by atoms with Gasteiger partial charge in [0.25, 0.3) is 10.2 Å². The first-order valence-corrected chi connectivity index (χ1v) is 11.3.